The molecule has 5 heteroatoms. The van der Waals surface area contributed by atoms with E-state index in [1.165, 1.54) is 7.05 Å². The van der Waals surface area contributed by atoms with E-state index in [4.69, 9.17) is 4.74 Å². The molecule has 5 nitrogen and oxygen atoms in total. The van der Waals surface area contributed by atoms with Crippen LogP contribution >= 0.6 is 0 Å². The quantitative estimate of drug-likeness (QED) is 0.716. The Labute approximate surface area is 136 Å². The first-order chi connectivity index (χ1) is 11.0. The maximum absolute atomic E-state index is 12.3. The van der Waals surface area contributed by atoms with Gasteiger partial charge in [-0.15, -0.1) is 0 Å². The fourth-order valence-electron chi connectivity index (χ4n) is 2.43. The number of nitrogens with one attached hydrogen (secondary N) is 2. The summed E-state index contributed by atoms with van der Waals surface area (Å²) in [4.78, 5) is 12.3. The molecule has 1 amide bonds. The van der Waals surface area contributed by atoms with Crippen molar-refractivity contribution >= 4 is 11.6 Å². The first-order valence-electron chi connectivity index (χ1n) is 7.43. The van der Waals surface area contributed by atoms with Crippen molar-refractivity contribution in [1.82, 2.24) is 5.32 Å². The van der Waals surface area contributed by atoms with E-state index in [1.807, 2.05) is 30.3 Å². The molecule has 122 valence electrons. The second-order valence-electron chi connectivity index (χ2n) is 5.33. The topological polar surface area (TPSA) is 70.6 Å². The monoisotopic (exact) mass is 314 g/mol. The van der Waals surface area contributed by atoms with Crippen LogP contribution in [0.1, 0.15) is 18.4 Å². The number of amides is 1. The van der Waals surface area contributed by atoms with Gasteiger partial charge >= 0.3 is 0 Å². The van der Waals surface area contributed by atoms with E-state index in [0.29, 0.717) is 5.69 Å². The Morgan fingerprint density at radius 2 is 1.74 bits per heavy atom. The number of aliphatic hydroxyl groups is 1. The number of methoxy groups -OCH3 is 1. The number of likely N-dealkylation sites (N-methyl/N-ethyl adjacent to an activating group) is 1. The lowest BCUT2D eigenvalue weighted by molar-refractivity contribution is -0.138. The molecule has 0 saturated carbocycles. The van der Waals surface area contributed by atoms with Gasteiger partial charge in [-0.25, -0.2) is 0 Å². The number of carbonyl (C=O) groups is 1. The molecule has 2 aromatic carbocycles. The van der Waals surface area contributed by atoms with Crippen LogP contribution in [0.5, 0.6) is 5.75 Å². The van der Waals surface area contributed by atoms with Crippen LogP contribution in [0.25, 0.3) is 0 Å². The van der Waals surface area contributed by atoms with E-state index in [9.17, 15) is 9.90 Å². The summed E-state index contributed by atoms with van der Waals surface area (Å²) in [6.45, 7) is 1.80. The van der Waals surface area contributed by atoms with Gasteiger partial charge in [-0.2, -0.15) is 0 Å². The molecule has 23 heavy (non-hydrogen) atoms. The second-order valence-corrected chi connectivity index (χ2v) is 5.33. The SMILES string of the molecule is CNC(=O)C(O)(Nc1ccccc1)C(C)c1ccc(OC)cc1. The van der Waals surface area contributed by atoms with Crippen LogP contribution in [0.15, 0.2) is 54.6 Å². The molecule has 2 unspecified atom stereocenters. The Kier molecular flexibility index (Phi) is 5.24. The summed E-state index contributed by atoms with van der Waals surface area (Å²) in [6, 6.07) is 16.4. The standard InChI is InChI=1S/C18H22N2O3/c1-13(14-9-11-16(23-3)12-10-14)18(22,17(21)19-2)20-15-7-5-4-6-8-15/h4-13,20,22H,1-3H3,(H,19,21). The molecule has 0 spiro atoms. The zero-order valence-electron chi connectivity index (χ0n) is 13.5. The molecule has 2 aromatic rings. The van der Waals surface area contributed by atoms with E-state index in [2.05, 4.69) is 10.6 Å². The Balaban J connectivity index is 2.34. The minimum absolute atomic E-state index is 0.478. The fraction of sp³-hybridized carbons (Fsp3) is 0.278. The maximum atomic E-state index is 12.3. The van der Waals surface area contributed by atoms with Gasteiger partial charge in [0.25, 0.3) is 5.91 Å². The van der Waals surface area contributed by atoms with Crippen molar-refractivity contribution in [3.8, 4) is 5.75 Å². The van der Waals surface area contributed by atoms with Crippen molar-refractivity contribution < 1.29 is 14.6 Å². The third-order valence-corrected chi connectivity index (χ3v) is 3.92. The highest BCUT2D eigenvalue weighted by Crippen LogP contribution is 2.31. The average Bonchev–Trinajstić information content (AvgIpc) is 2.61. The van der Waals surface area contributed by atoms with Crippen LogP contribution in [0.2, 0.25) is 0 Å². The number of ether oxygens (including phenoxy) is 1. The predicted molar refractivity (Wildman–Crippen MR) is 90.5 cm³/mol. The number of para-hydroxylation sites is 1. The average molecular weight is 314 g/mol. The van der Waals surface area contributed by atoms with Crippen LogP contribution in [0.3, 0.4) is 0 Å². The van der Waals surface area contributed by atoms with E-state index in [1.54, 1.807) is 38.3 Å². The highest BCUT2D eigenvalue weighted by Gasteiger charge is 2.42. The molecule has 0 saturated heterocycles. The van der Waals surface area contributed by atoms with Gasteiger partial charge in [0, 0.05) is 18.7 Å². The minimum atomic E-state index is -1.77. The third-order valence-electron chi connectivity index (χ3n) is 3.92. The van der Waals surface area contributed by atoms with Gasteiger partial charge in [0.2, 0.25) is 5.72 Å². The van der Waals surface area contributed by atoms with Crippen LogP contribution in [-0.4, -0.2) is 30.9 Å². The zero-order valence-corrected chi connectivity index (χ0v) is 13.5. The molecule has 0 aliphatic carbocycles. The molecule has 0 aliphatic heterocycles. The first kappa shape index (κ1) is 16.8. The molecular weight excluding hydrogens is 292 g/mol. The van der Waals surface area contributed by atoms with Crippen molar-refractivity contribution in [2.24, 2.45) is 0 Å². The molecular formula is C18H22N2O3. The largest absolute Gasteiger partial charge is 0.497 e. The normalized spacial score (nSPS) is 14.4. The highest BCUT2D eigenvalue weighted by atomic mass is 16.5. The molecule has 0 fully saturated rings. The lowest BCUT2D eigenvalue weighted by atomic mass is 9.88. The van der Waals surface area contributed by atoms with Crippen molar-refractivity contribution in [3.63, 3.8) is 0 Å². The molecule has 3 N–H and O–H groups in total. The smallest absolute Gasteiger partial charge is 0.273 e. The summed E-state index contributed by atoms with van der Waals surface area (Å²) in [5, 5.41) is 16.5. The molecule has 2 rings (SSSR count). The summed E-state index contributed by atoms with van der Waals surface area (Å²) in [5.41, 5.74) is -0.288. The Morgan fingerprint density at radius 1 is 1.13 bits per heavy atom. The van der Waals surface area contributed by atoms with E-state index in [0.717, 1.165) is 11.3 Å². The number of rotatable bonds is 6. The van der Waals surface area contributed by atoms with Crippen molar-refractivity contribution in [2.45, 2.75) is 18.6 Å². The number of benzene rings is 2. The first-order valence-corrected chi connectivity index (χ1v) is 7.43. The number of anilines is 1. The van der Waals surface area contributed by atoms with Crippen LogP contribution < -0.4 is 15.4 Å². The van der Waals surface area contributed by atoms with E-state index < -0.39 is 17.6 Å². The Morgan fingerprint density at radius 3 is 2.26 bits per heavy atom. The molecule has 0 aliphatic rings. The summed E-state index contributed by atoms with van der Waals surface area (Å²) < 4.78 is 5.14. The van der Waals surface area contributed by atoms with Crippen LogP contribution in [-0.2, 0) is 4.79 Å². The molecule has 0 bridgehead atoms. The number of hydrogen-bond donors (Lipinski definition) is 3. The predicted octanol–water partition coefficient (Wildman–Crippen LogP) is 2.35. The molecule has 0 heterocycles. The van der Waals surface area contributed by atoms with Crippen molar-refractivity contribution in [1.29, 1.82) is 0 Å². The fourth-order valence-corrected chi connectivity index (χ4v) is 2.43. The lowest BCUT2D eigenvalue weighted by Crippen LogP contribution is -2.55. The minimum Gasteiger partial charge on any atom is -0.497 e. The van der Waals surface area contributed by atoms with Crippen molar-refractivity contribution in [3.05, 3.63) is 60.2 Å². The Bertz CT molecular complexity index is 643. The number of hydrogen-bond acceptors (Lipinski definition) is 4. The van der Waals surface area contributed by atoms with Gasteiger partial charge in [0.05, 0.1) is 7.11 Å². The molecule has 2 atom stereocenters. The molecule has 0 aromatic heterocycles. The van der Waals surface area contributed by atoms with E-state index >= 15 is 0 Å². The van der Waals surface area contributed by atoms with Gasteiger partial charge in [0.15, 0.2) is 0 Å². The van der Waals surface area contributed by atoms with Gasteiger partial charge in [-0.05, 0) is 29.8 Å². The summed E-state index contributed by atoms with van der Waals surface area (Å²) in [6.07, 6.45) is 0. The van der Waals surface area contributed by atoms with Gasteiger partial charge in [-0.1, -0.05) is 37.3 Å². The Hall–Kier alpha value is -2.53. The molecule has 0 radical (unpaired) electrons. The van der Waals surface area contributed by atoms with Crippen molar-refractivity contribution in [2.75, 3.05) is 19.5 Å². The van der Waals surface area contributed by atoms with Gasteiger partial charge < -0.3 is 20.5 Å². The van der Waals surface area contributed by atoms with Gasteiger partial charge in [0.1, 0.15) is 5.75 Å². The number of carbonyl (C=O) groups excluding carboxylic acids is 1. The zero-order chi connectivity index (χ0) is 16.9. The van der Waals surface area contributed by atoms with Crippen LogP contribution in [0.4, 0.5) is 5.69 Å². The summed E-state index contributed by atoms with van der Waals surface area (Å²) in [7, 11) is 3.09. The lowest BCUT2D eigenvalue weighted by Gasteiger charge is -2.34. The third kappa shape index (κ3) is 3.63. The summed E-state index contributed by atoms with van der Waals surface area (Å²) >= 11 is 0. The second kappa shape index (κ2) is 7.15. The highest BCUT2D eigenvalue weighted by molar-refractivity contribution is 5.88. The maximum Gasteiger partial charge on any atom is 0.273 e. The van der Waals surface area contributed by atoms with Crippen LogP contribution in [0, 0.1) is 0 Å². The van der Waals surface area contributed by atoms with E-state index in [-0.39, 0.29) is 0 Å². The van der Waals surface area contributed by atoms with Gasteiger partial charge in [-0.3, -0.25) is 4.79 Å². The summed E-state index contributed by atoms with van der Waals surface area (Å²) in [5.74, 6) is -0.251.